The number of fused-ring (bicyclic) bond motifs is 2. The summed E-state index contributed by atoms with van der Waals surface area (Å²) in [5.74, 6) is -1.89. The van der Waals surface area contributed by atoms with Crippen LogP contribution in [0.4, 0.5) is 11.4 Å². The number of nitrogens with one attached hydrogen (secondary N) is 1. The van der Waals surface area contributed by atoms with E-state index in [1.54, 1.807) is 12.1 Å². The van der Waals surface area contributed by atoms with Gasteiger partial charge in [0, 0.05) is 5.69 Å². The second kappa shape index (κ2) is 9.11. The van der Waals surface area contributed by atoms with E-state index in [1.165, 1.54) is 43.5 Å². The maximum absolute atomic E-state index is 13.5. The lowest BCUT2D eigenvalue weighted by atomic mass is 10.1. The second-order valence-electron chi connectivity index (χ2n) is 7.67. The van der Waals surface area contributed by atoms with Gasteiger partial charge in [0.05, 0.1) is 33.7 Å². The molecule has 8 nitrogen and oxygen atoms in total. The molecule has 0 bridgehead atoms. The molecule has 1 aliphatic heterocycles. The number of esters is 1. The van der Waals surface area contributed by atoms with Crippen molar-refractivity contribution < 1.29 is 27.5 Å². The average Bonchev–Trinajstić information content (AvgIpc) is 2.91. The molecule has 0 unspecified atom stereocenters. The molecule has 1 heterocycles. The molecule has 0 fully saturated rings. The maximum atomic E-state index is 13.5. The molecule has 9 heteroatoms. The summed E-state index contributed by atoms with van der Waals surface area (Å²) in [6.07, 6.45) is 0.784. The number of methoxy groups -OCH3 is 1. The van der Waals surface area contributed by atoms with Crippen LogP contribution in [0.2, 0.25) is 0 Å². The topological polar surface area (TPSA) is 110 Å². The van der Waals surface area contributed by atoms with E-state index >= 15 is 0 Å². The molecule has 2 amide bonds. The fraction of sp³-hybridized carbons (Fsp3) is 0.160. The lowest BCUT2D eigenvalue weighted by Gasteiger charge is -2.23. The molecule has 0 aromatic heterocycles. The van der Waals surface area contributed by atoms with Gasteiger partial charge >= 0.3 is 5.97 Å². The van der Waals surface area contributed by atoms with Gasteiger partial charge in [0.15, 0.2) is 0 Å². The lowest BCUT2D eigenvalue weighted by Crippen LogP contribution is -2.38. The summed E-state index contributed by atoms with van der Waals surface area (Å²) in [6, 6.07) is 16.9. The van der Waals surface area contributed by atoms with Gasteiger partial charge in [0.25, 0.3) is 5.91 Å². The number of ether oxygens (including phenoxy) is 1. The zero-order valence-corrected chi connectivity index (χ0v) is 19.4. The van der Waals surface area contributed by atoms with Crippen LogP contribution in [0.3, 0.4) is 0 Å². The van der Waals surface area contributed by atoms with Gasteiger partial charge in [-0.05, 0) is 54.4 Å². The summed E-state index contributed by atoms with van der Waals surface area (Å²) in [4.78, 5) is 39.3. The standard InChI is InChI=1S/C25H22N2O6S/c1-3-16-7-6-8-18(13-16)26-23(28)15-27-20-14-17(25(30)33-2)11-12-22(20)34(31,32)21-10-5-4-9-19(21)24(27)29/h4-14H,3,15H2,1-2H3,(H,26,28). The van der Waals surface area contributed by atoms with E-state index in [0.29, 0.717) is 5.69 Å². The van der Waals surface area contributed by atoms with Crippen LogP contribution in [0, 0.1) is 0 Å². The summed E-state index contributed by atoms with van der Waals surface area (Å²) in [5, 5.41) is 2.76. The van der Waals surface area contributed by atoms with Gasteiger partial charge in [-0.1, -0.05) is 31.2 Å². The molecule has 174 valence electrons. The molecular weight excluding hydrogens is 456 g/mol. The quantitative estimate of drug-likeness (QED) is 0.563. The molecule has 0 atom stereocenters. The van der Waals surface area contributed by atoms with Crippen molar-refractivity contribution in [3.8, 4) is 0 Å². The van der Waals surface area contributed by atoms with Gasteiger partial charge in [0.2, 0.25) is 15.7 Å². The lowest BCUT2D eigenvalue weighted by molar-refractivity contribution is -0.114. The van der Waals surface area contributed by atoms with Crippen LogP contribution >= 0.6 is 0 Å². The zero-order valence-electron chi connectivity index (χ0n) is 18.6. The Morgan fingerprint density at radius 3 is 2.47 bits per heavy atom. The molecule has 4 rings (SSSR count). The van der Waals surface area contributed by atoms with E-state index in [2.05, 4.69) is 5.32 Å². The fourth-order valence-corrected chi connectivity index (χ4v) is 5.45. The first-order valence-corrected chi connectivity index (χ1v) is 12.0. The molecule has 1 N–H and O–H groups in total. The Bertz CT molecular complexity index is 1410. The predicted molar refractivity (Wildman–Crippen MR) is 126 cm³/mol. The first-order valence-electron chi connectivity index (χ1n) is 10.5. The number of hydrogen-bond donors (Lipinski definition) is 1. The highest BCUT2D eigenvalue weighted by Crippen LogP contribution is 2.37. The number of nitrogens with zero attached hydrogens (tertiary/aromatic N) is 1. The second-order valence-corrected chi connectivity index (χ2v) is 9.55. The zero-order chi connectivity index (χ0) is 24.5. The predicted octanol–water partition coefficient (Wildman–Crippen LogP) is 3.47. The minimum absolute atomic E-state index is 0.0521. The Hall–Kier alpha value is -3.98. The Labute approximate surface area is 197 Å². The van der Waals surface area contributed by atoms with Crippen LogP contribution in [0.1, 0.15) is 33.2 Å². The van der Waals surface area contributed by atoms with Crippen LogP contribution in [-0.2, 0) is 25.8 Å². The molecule has 0 radical (unpaired) electrons. The Morgan fingerprint density at radius 2 is 1.74 bits per heavy atom. The van der Waals surface area contributed by atoms with Gasteiger partial charge < -0.3 is 10.1 Å². The van der Waals surface area contributed by atoms with Crippen LogP contribution < -0.4 is 10.2 Å². The van der Waals surface area contributed by atoms with E-state index in [0.717, 1.165) is 16.9 Å². The van der Waals surface area contributed by atoms with Crippen LogP contribution in [-0.4, -0.2) is 39.9 Å². The van der Waals surface area contributed by atoms with Crippen molar-refractivity contribution in [3.63, 3.8) is 0 Å². The Morgan fingerprint density at radius 1 is 0.971 bits per heavy atom. The highest BCUT2D eigenvalue weighted by molar-refractivity contribution is 7.91. The monoisotopic (exact) mass is 478 g/mol. The molecule has 0 saturated carbocycles. The van der Waals surface area contributed by atoms with Crippen LogP contribution in [0.5, 0.6) is 0 Å². The number of benzene rings is 3. The van der Waals surface area contributed by atoms with Gasteiger partial charge in [-0.25, -0.2) is 13.2 Å². The first-order chi connectivity index (χ1) is 16.3. The van der Waals surface area contributed by atoms with Gasteiger partial charge in [-0.15, -0.1) is 0 Å². The van der Waals surface area contributed by atoms with E-state index in [9.17, 15) is 22.8 Å². The Balaban J connectivity index is 1.81. The summed E-state index contributed by atoms with van der Waals surface area (Å²) in [7, 11) is -2.91. The average molecular weight is 479 g/mol. The number of sulfone groups is 1. The number of carbonyl (C=O) groups is 3. The highest BCUT2D eigenvalue weighted by Gasteiger charge is 2.36. The summed E-state index contributed by atoms with van der Waals surface area (Å²) < 4.78 is 31.6. The van der Waals surface area contributed by atoms with Crippen molar-refractivity contribution >= 4 is 39.0 Å². The molecule has 0 spiro atoms. The number of carbonyl (C=O) groups excluding carboxylic acids is 3. The van der Waals surface area contributed by atoms with E-state index in [4.69, 9.17) is 4.74 Å². The number of rotatable bonds is 5. The molecule has 0 aliphatic carbocycles. The SMILES string of the molecule is CCc1cccc(NC(=O)CN2C(=O)c3ccccc3S(=O)(=O)c3ccc(C(=O)OC)cc32)c1. The third-order valence-corrected chi connectivity index (χ3v) is 7.39. The Kier molecular flexibility index (Phi) is 6.21. The summed E-state index contributed by atoms with van der Waals surface area (Å²) in [5.41, 5.74) is 1.51. The minimum Gasteiger partial charge on any atom is -0.465 e. The minimum atomic E-state index is -4.10. The van der Waals surface area contributed by atoms with Crippen molar-refractivity contribution in [1.82, 2.24) is 0 Å². The van der Waals surface area contributed by atoms with E-state index in [-0.39, 0.29) is 26.6 Å². The highest BCUT2D eigenvalue weighted by atomic mass is 32.2. The van der Waals surface area contributed by atoms with E-state index in [1.807, 2.05) is 25.1 Å². The van der Waals surface area contributed by atoms with Crippen molar-refractivity contribution in [2.75, 3.05) is 23.9 Å². The van der Waals surface area contributed by atoms with E-state index < -0.39 is 34.2 Å². The van der Waals surface area contributed by atoms with Gasteiger partial charge in [-0.2, -0.15) is 0 Å². The smallest absolute Gasteiger partial charge is 0.337 e. The molecule has 0 saturated heterocycles. The van der Waals surface area contributed by atoms with Gasteiger partial charge in [-0.3, -0.25) is 14.5 Å². The largest absolute Gasteiger partial charge is 0.465 e. The summed E-state index contributed by atoms with van der Waals surface area (Å²) in [6.45, 7) is 1.53. The van der Waals surface area contributed by atoms with Crippen LogP contribution in [0.25, 0.3) is 0 Å². The van der Waals surface area contributed by atoms with Crippen molar-refractivity contribution in [2.45, 2.75) is 23.1 Å². The van der Waals surface area contributed by atoms with Crippen molar-refractivity contribution in [2.24, 2.45) is 0 Å². The molecule has 1 aliphatic rings. The fourth-order valence-electron chi connectivity index (χ4n) is 3.82. The van der Waals surface area contributed by atoms with Crippen LogP contribution in [0.15, 0.2) is 76.5 Å². The molecule has 3 aromatic rings. The first kappa shape index (κ1) is 23.2. The number of anilines is 2. The third kappa shape index (κ3) is 4.17. The number of amides is 2. The number of aryl methyl sites for hydroxylation is 1. The number of hydrogen-bond acceptors (Lipinski definition) is 6. The van der Waals surface area contributed by atoms with Crippen molar-refractivity contribution in [3.05, 3.63) is 83.4 Å². The van der Waals surface area contributed by atoms with Gasteiger partial charge in [0.1, 0.15) is 6.54 Å². The third-order valence-electron chi connectivity index (χ3n) is 5.53. The molecular formula is C25H22N2O6S. The normalized spacial score (nSPS) is 13.9. The van der Waals surface area contributed by atoms with Crippen molar-refractivity contribution in [1.29, 1.82) is 0 Å². The molecule has 3 aromatic carbocycles. The molecule has 34 heavy (non-hydrogen) atoms. The summed E-state index contributed by atoms with van der Waals surface area (Å²) >= 11 is 0. The maximum Gasteiger partial charge on any atom is 0.337 e.